The number of carbonyl (C=O) groups is 1. The molecule has 0 unspecified atom stereocenters. The Morgan fingerprint density at radius 2 is 1.95 bits per heavy atom. The maximum atomic E-state index is 12.1. The van der Waals surface area contributed by atoms with Crippen LogP contribution in [-0.2, 0) is 4.79 Å². The molecule has 1 atom stereocenters. The number of hydrogen-bond acceptors (Lipinski definition) is 4. The molecule has 5 heteroatoms. The van der Waals surface area contributed by atoms with Gasteiger partial charge in [-0.2, -0.15) is 0 Å². The van der Waals surface area contributed by atoms with Crippen LogP contribution in [0.5, 0.6) is 5.75 Å². The van der Waals surface area contributed by atoms with E-state index >= 15 is 0 Å². The Morgan fingerprint density at radius 1 is 1.18 bits per heavy atom. The van der Waals surface area contributed by atoms with Gasteiger partial charge in [0.2, 0.25) is 0 Å². The normalized spacial score (nSPS) is 12.1. The van der Waals surface area contributed by atoms with Gasteiger partial charge >= 0.3 is 0 Å². The molecule has 0 saturated carbocycles. The van der Waals surface area contributed by atoms with E-state index < -0.39 is 6.10 Å². The first-order valence-electron chi connectivity index (χ1n) is 7.01. The summed E-state index contributed by atoms with van der Waals surface area (Å²) in [6.07, 6.45) is -0.641. The van der Waals surface area contributed by atoms with Gasteiger partial charge in [0.15, 0.2) is 11.9 Å². The first-order valence-corrected chi connectivity index (χ1v) is 7.01. The molecule has 1 N–H and O–H groups in total. The second-order valence-corrected chi connectivity index (χ2v) is 5.08. The number of benzene rings is 2. The molecule has 0 aliphatic heterocycles. The fourth-order valence-electron chi connectivity index (χ4n) is 2.15. The quantitative estimate of drug-likeness (QED) is 0.799. The van der Waals surface area contributed by atoms with Crippen molar-refractivity contribution in [3.05, 3.63) is 54.3 Å². The van der Waals surface area contributed by atoms with Crippen molar-refractivity contribution in [2.45, 2.75) is 20.0 Å². The largest absolute Gasteiger partial charge is 0.481 e. The Kier molecular flexibility index (Phi) is 3.78. The highest BCUT2D eigenvalue weighted by Gasteiger charge is 2.16. The van der Waals surface area contributed by atoms with E-state index in [1.54, 1.807) is 19.9 Å². The Bertz CT molecular complexity index is 810. The van der Waals surface area contributed by atoms with E-state index in [1.807, 2.05) is 42.5 Å². The second-order valence-electron chi connectivity index (χ2n) is 5.08. The number of amides is 1. The Morgan fingerprint density at radius 3 is 2.68 bits per heavy atom. The molecule has 0 fully saturated rings. The molecule has 0 spiro atoms. The molecule has 3 rings (SSSR count). The molecule has 3 aromatic rings. The fourth-order valence-corrected chi connectivity index (χ4v) is 2.15. The summed E-state index contributed by atoms with van der Waals surface area (Å²) in [5.41, 5.74) is 0. The number of nitrogens with zero attached hydrogens (tertiary/aromatic N) is 1. The van der Waals surface area contributed by atoms with E-state index in [-0.39, 0.29) is 5.91 Å². The smallest absolute Gasteiger partial charge is 0.266 e. The van der Waals surface area contributed by atoms with Crippen molar-refractivity contribution < 1.29 is 14.1 Å². The number of nitrogens with one attached hydrogen (secondary N) is 1. The highest BCUT2D eigenvalue weighted by atomic mass is 16.5. The molecule has 1 amide bonds. The van der Waals surface area contributed by atoms with Gasteiger partial charge in [0, 0.05) is 6.07 Å². The van der Waals surface area contributed by atoms with Crippen molar-refractivity contribution in [1.29, 1.82) is 0 Å². The molecular formula is C17H16N2O3. The molecule has 5 nitrogen and oxygen atoms in total. The average molecular weight is 296 g/mol. The molecule has 112 valence electrons. The van der Waals surface area contributed by atoms with Crippen LogP contribution in [0.4, 0.5) is 5.82 Å². The number of anilines is 1. The Hall–Kier alpha value is -2.82. The van der Waals surface area contributed by atoms with E-state index in [2.05, 4.69) is 10.5 Å². The van der Waals surface area contributed by atoms with Gasteiger partial charge in [0.05, 0.1) is 0 Å². The molecule has 1 aromatic heterocycles. The Balaban J connectivity index is 1.69. The van der Waals surface area contributed by atoms with Gasteiger partial charge in [-0.05, 0) is 36.8 Å². The number of aromatic nitrogens is 1. The number of carbonyl (C=O) groups excluding carboxylic acids is 1. The molecule has 0 radical (unpaired) electrons. The highest BCUT2D eigenvalue weighted by molar-refractivity contribution is 5.93. The monoisotopic (exact) mass is 296 g/mol. The summed E-state index contributed by atoms with van der Waals surface area (Å²) in [4.78, 5) is 12.1. The number of rotatable bonds is 4. The zero-order chi connectivity index (χ0) is 15.5. The predicted molar refractivity (Wildman–Crippen MR) is 83.9 cm³/mol. The number of ether oxygens (including phenoxy) is 1. The first-order chi connectivity index (χ1) is 10.6. The summed E-state index contributed by atoms with van der Waals surface area (Å²) in [5.74, 6) is 1.40. The third-order valence-corrected chi connectivity index (χ3v) is 3.28. The van der Waals surface area contributed by atoms with E-state index in [9.17, 15) is 4.79 Å². The van der Waals surface area contributed by atoms with Crippen molar-refractivity contribution >= 4 is 22.5 Å². The summed E-state index contributed by atoms with van der Waals surface area (Å²) in [7, 11) is 0. The van der Waals surface area contributed by atoms with Crippen LogP contribution in [0.15, 0.2) is 53.1 Å². The minimum atomic E-state index is -0.641. The molecule has 0 saturated heterocycles. The Labute approximate surface area is 127 Å². The van der Waals surface area contributed by atoms with Crippen molar-refractivity contribution in [1.82, 2.24) is 5.16 Å². The highest BCUT2D eigenvalue weighted by Crippen LogP contribution is 2.21. The van der Waals surface area contributed by atoms with Crippen LogP contribution >= 0.6 is 0 Å². The SMILES string of the molecule is Cc1cc(NC(=O)[C@@H](C)Oc2ccc3ccccc3c2)no1. The van der Waals surface area contributed by atoms with Gasteiger partial charge in [0.25, 0.3) is 5.91 Å². The van der Waals surface area contributed by atoms with Crippen LogP contribution in [0, 0.1) is 6.92 Å². The molecular weight excluding hydrogens is 280 g/mol. The minimum Gasteiger partial charge on any atom is -0.481 e. The second kappa shape index (κ2) is 5.89. The lowest BCUT2D eigenvalue weighted by Crippen LogP contribution is -2.30. The third-order valence-electron chi connectivity index (χ3n) is 3.28. The van der Waals surface area contributed by atoms with E-state index in [4.69, 9.17) is 9.26 Å². The summed E-state index contributed by atoms with van der Waals surface area (Å²) < 4.78 is 10.6. The van der Waals surface area contributed by atoms with Crippen molar-refractivity contribution in [2.75, 3.05) is 5.32 Å². The van der Waals surface area contributed by atoms with Crippen molar-refractivity contribution in [3.63, 3.8) is 0 Å². The number of fused-ring (bicyclic) bond motifs is 1. The average Bonchev–Trinajstić information content (AvgIpc) is 2.92. The van der Waals surface area contributed by atoms with E-state index in [0.29, 0.717) is 17.3 Å². The van der Waals surface area contributed by atoms with Crippen LogP contribution in [0.25, 0.3) is 10.8 Å². The van der Waals surface area contributed by atoms with E-state index in [1.165, 1.54) is 0 Å². The number of aryl methyl sites for hydroxylation is 1. The lowest BCUT2D eigenvalue weighted by atomic mass is 10.1. The summed E-state index contributed by atoms with van der Waals surface area (Å²) in [6, 6.07) is 15.4. The maximum Gasteiger partial charge on any atom is 0.266 e. The topological polar surface area (TPSA) is 64.4 Å². The summed E-state index contributed by atoms with van der Waals surface area (Å²) in [5, 5.41) is 8.57. The maximum absolute atomic E-state index is 12.1. The zero-order valence-corrected chi connectivity index (χ0v) is 12.4. The molecule has 0 aliphatic rings. The van der Waals surface area contributed by atoms with Gasteiger partial charge in [0.1, 0.15) is 11.5 Å². The molecule has 2 aromatic carbocycles. The number of hydrogen-bond donors (Lipinski definition) is 1. The molecule has 22 heavy (non-hydrogen) atoms. The zero-order valence-electron chi connectivity index (χ0n) is 12.4. The fraction of sp³-hybridized carbons (Fsp3) is 0.176. The standard InChI is InChI=1S/C17H16N2O3/c1-11-9-16(19-22-11)18-17(20)12(2)21-15-8-7-13-5-3-4-6-14(13)10-15/h3-10,12H,1-2H3,(H,18,19,20)/t12-/m1/s1. The molecule has 0 aliphatic carbocycles. The van der Waals surface area contributed by atoms with Crippen LogP contribution in [-0.4, -0.2) is 17.2 Å². The molecule has 1 heterocycles. The third kappa shape index (κ3) is 3.09. The minimum absolute atomic E-state index is 0.276. The van der Waals surface area contributed by atoms with Gasteiger partial charge in [-0.25, -0.2) is 0 Å². The van der Waals surface area contributed by atoms with E-state index in [0.717, 1.165) is 10.8 Å². The van der Waals surface area contributed by atoms with Gasteiger partial charge in [-0.1, -0.05) is 35.5 Å². The summed E-state index contributed by atoms with van der Waals surface area (Å²) in [6.45, 7) is 3.45. The lowest BCUT2D eigenvalue weighted by Gasteiger charge is -2.14. The van der Waals surface area contributed by atoms with Gasteiger partial charge in [-0.15, -0.1) is 0 Å². The summed E-state index contributed by atoms with van der Waals surface area (Å²) >= 11 is 0. The van der Waals surface area contributed by atoms with Crippen molar-refractivity contribution in [3.8, 4) is 5.75 Å². The predicted octanol–water partition coefficient (Wildman–Crippen LogP) is 3.54. The first kappa shape index (κ1) is 14.1. The molecule has 0 bridgehead atoms. The van der Waals surface area contributed by atoms with Crippen molar-refractivity contribution in [2.24, 2.45) is 0 Å². The van der Waals surface area contributed by atoms with Crippen LogP contribution in [0.1, 0.15) is 12.7 Å². The van der Waals surface area contributed by atoms with Gasteiger partial charge in [-0.3, -0.25) is 4.79 Å². The van der Waals surface area contributed by atoms with Crippen LogP contribution in [0.3, 0.4) is 0 Å². The van der Waals surface area contributed by atoms with Crippen LogP contribution in [0.2, 0.25) is 0 Å². The lowest BCUT2D eigenvalue weighted by molar-refractivity contribution is -0.122. The van der Waals surface area contributed by atoms with Gasteiger partial charge < -0.3 is 14.6 Å². The van der Waals surface area contributed by atoms with Crippen LogP contribution < -0.4 is 10.1 Å².